The maximum absolute atomic E-state index is 13.1. The summed E-state index contributed by atoms with van der Waals surface area (Å²) in [6.07, 6.45) is 0.929. The average Bonchev–Trinajstić information content (AvgIpc) is 3.31. The molecule has 34 heavy (non-hydrogen) atoms. The highest BCUT2D eigenvalue weighted by atomic mass is 16.5. The Balaban J connectivity index is 1.32. The first-order chi connectivity index (χ1) is 16.5. The topological polar surface area (TPSA) is 84.5 Å². The van der Waals surface area contributed by atoms with Crippen LogP contribution in [0.4, 0.5) is 5.69 Å². The van der Waals surface area contributed by atoms with Crippen molar-refractivity contribution >= 4 is 28.6 Å². The minimum absolute atomic E-state index is 0.218. The van der Waals surface area contributed by atoms with Gasteiger partial charge in [0.15, 0.2) is 6.10 Å². The van der Waals surface area contributed by atoms with Gasteiger partial charge in [0.05, 0.1) is 23.7 Å². The number of benzene rings is 3. The number of nitrogens with zero attached hydrogens (tertiary/aromatic N) is 2. The van der Waals surface area contributed by atoms with Crippen molar-refractivity contribution in [1.82, 2.24) is 9.97 Å². The fraction of sp³-hybridized carbons (Fsp3) is 0.222. The number of methoxy groups -OCH3 is 1. The molecule has 0 spiro atoms. The fourth-order valence-electron chi connectivity index (χ4n) is 4.28. The van der Waals surface area contributed by atoms with Gasteiger partial charge < -0.3 is 19.4 Å². The Bertz CT molecular complexity index is 1360. The van der Waals surface area contributed by atoms with E-state index in [0.29, 0.717) is 23.4 Å². The van der Waals surface area contributed by atoms with Gasteiger partial charge in [-0.25, -0.2) is 9.78 Å². The molecule has 0 bridgehead atoms. The minimum atomic E-state index is -0.897. The standard InChI is InChI=1S/C27H25N3O4/c1-17(26(31)30-15-5-7-18-6-3-4-8-24(18)30)34-27(32)20-11-14-22-23(16-20)29-25(28-22)19-9-12-21(33-2)13-10-19/h3-4,6,8-14,16-17H,5,7,15H2,1-2H3,(H,28,29). The van der Waals surface area contributed by atoms with Crippen LogP contribution in [0.5, 0.6) is 5.75 Å². The monoisotopic (exact) mass is 455 g/mol. The summed E-state index contributed by atoms with van der Waals surface area (Å²) < 4.78 is 10.8. The molecule has 0 saturated heterocycles. The van der Waals surface area contributed by atoms with E-state index in [1.54, 1.807) is 37.1 Å². The summed E-state index contributed by atoms with van der Waals surface area (Å²) in [4.78, 5) is 35.5. The molecule has 1 aliphatic heterocycles. The van der Waals surface area contributed by atoms with Crippen LogP contribution in [0.1, 0.15) is 29.3 Å². The van der Waals surface area contributed by atoms with E-state index in [9.17, 15) is 9.59 Å². The second-order valence-electron chi connectivity index (χ2n) is 8.32. The summed E-state index contributed by atoms with van der Waals surface area (Å²) in [5.74, 6) is 0.690. The molecule has 1 amide bonds. The van der Waals surface area contributed by atoms with Gasteiger partial charge in [-0.05, 0) is 73.9 Å². The van der Waals surface area contributed by atoms with Crippen LogP contribution in [-0.4, -0.2) is 41.6 Å². The number of nitrogens with one attached hydrogen (secondary N) is 1. The number of hydrogen-bond donors (Lipinski definition) is 1. The number of ether oxygens (including phenoxy) is 2. The molecule has 0 saturated carbocycles. The first-order valence-corrected chi connectivity index (χ1v) is 11.3. The lowest BCUT2D eigenvalue weighted by Crippen LogP contribution is -2.42. The number of esters is 1. The van der Waals surface area contributed by atoms with E-state index in [2.05, 4.69) is 9.97 Å². The van der Waals surface area contributed by atoms with Crippen molar-refractivity contribution in [3.63, 3.8) is 0 Å². The third kappa shape index (κ3) is 4.12. The first kappa shape index (κ1) is 21.7. The van der Waals surface area contributed by atoms with E-state index in [1.165, 1.54) is 0 Å². The summed E-state index contributed by atoms with van der Waals surface area (Å²) in [5, 5.41) is 0. The molecule has 0 aliphatic carbocycles. The van der Waals surface area contributed by atoms with E-state index in [4.69, 9.17) is 9.47 Å². The quantitative estimate of drug-likeness (QED) is 0.439. The van der Waals surface area contributed by atoms with Crippen LogP contribution in [0.15, 0.2) is 66.7 Å². The summed E-state index contributed by atoms with van der Waals surface area (Å²) >= 11 is 0. The van der Waals surface area contributed by atoms with Crippen molar-refractivity contribution in [2.45, 2.75) is 25.9 Å². The maximum atomic E-state index is 13.1. The van der Waals surface area contributed by atoms with Crippen molar-refractivity contribution in [3.8, 4) is 17.1 Å². The highest BCUT2D eigenvalue weighted by Crippen LogP contribution is 2.28. The Labute approximate surface area is 197 Å². The number of rotatable bonds is 5. The Morgan fingerprint density at radius 2 is 1.85 bits per heavy atom. The Morgan fingerprint density at radius 1 is 1.06 bits per heavy atom. The molecule has 3 aromatic carbocycles. The molecule has 1 aliphatic rings. The molecule has 1 N–H and O–H groups in total. The molecule has 1 atom stereocenters. The maximum Gasteiger partial charge on any atom is 0.338 e. The number of aromatic amines is 1. The second-order valence-corrected chi connectivity index (χ2v) is 8.32. The third-order valence-electron chi connectivity index (χ3n) is 6.09. The smallest absolute Gasteiger partial charge is 0.338 e. The third-order valence-corrected chi connectivity index (χ3v) is 6.09. The van der Waals surface area contributed by atoms with Crippen molar-refractivity contribution in [3.05, 3.63) is 77.9 Å². The number of amides is 1. The minimum Gasteiger partial charge on any atom is -0.497 e. The van der Waals surface area contributed by atoms with E-state index in [0.717, 1.165) is 40.9 Å². The van der Waals surface area contributed by atoms with E-state index >= 15 is 0 Å². The molecule has 7 heteroatoms. The molecule has 1 aromatic heterocycles. The Kier molecular flexibility index (Phi) is 5.76. The number of hydrogen-bond acceptors (Lipinski definition) is 5. The van der Waals surface area contributed by atoms with Gasteiger partial charge in [-0.1, -0.05) is 18.2 Å². The van der Waals surface area contributed by atoms with Crippen LogP contribution in [0, 0.1) is 0 Å². The van der Waals surface area contributed by atoms with Crippen LogP contribution in [0.3, 0.4) is 0 Å². The largest absolute Gasteiger partial charge is 0.497 e. The van der Waals surface area contributed by atoms with Gasteiger partial charge in [0.2, 0.25) is 0 Å². The number of H-pyrrole nitrogens is 1. The van der Waals surface area contributed by atoms with Gasteiger partial charge in [0.25, 0.3) is 5.91 Å². The molecule has 4 aromatic rings. The molecular formula is C27H25N3O4. The predicted molar refractivity (Wildman–Crippen MR) is 130 cm³/mol. The average molecular weight is 456 g/mol. The summed E-state index contributed by atoms with van der Waals surface area (Å²) in [6, 6.07) is 20.6. The molecule has 1 unspecified atom stereocenters. The lowest BCUT2D eigenvalue weighted by atomic mass is 10.0. The number of anilines is 1. The van der Waals surface area contributed by atoms with Gasteiger partial charge in [-0.15, -0.1) is 0 Å². The zero-order valence-corrected chi connectivity index (χ0v) is 19.1. The van der Waals surface area contributed by atoms with Gasteiger partial charge >= 0.3 is 5.97 Å². The van der Waals surface area contributed by atoms with E-state index < -0.39 is 12.1 Å². The van der Waals surface area contributed by atoms with Crippen molar-refractivity contribution in [2.24, 2.45) is 0 Å². The zero-order valence-electron chi connectivity index (χ0n) is 19.1. The molecule has 0 fully saturated rings. The van der Waals surface area contributed by atoms with Crippen LogP contribution in [0.25, 0.3) is 22.4 Å². The van der Waals surface area contributed by atoms with Crippen LogP contribution in [-0.2, 0) is 16.0 Å². The second kappa shape index (κ2) is 9.02. The molecule has 5 rings (SSSR count). The highest BCUT2D eigenvalue weighted by Gasteiger charge is 2.28. The lowest BCUT2D eigenvalue weighted by molar-refractivity contribution is -0.126. The Hall–Kier alpha value is -4.13. The van der Waals surface area contributed by atoms with Gasteiger partial charge in [0.1, 0.15) is 11.6 Å². The first-order valence-electron chi connectivity index (χ1n) is 11.3. The summed E-state index contributed by atoms with van der Waals surface area (Å²) in [5.41, 5.74) is 4.74. The van der Waals surface area contributed by atoms with Gasteiger partial charge in [-0.2, -0.15) is 0 Å². The lowest BCUT2D eigenvalue weighted by Gasteiger charge is -2.31. The zero-order chi connectivity index (χ0) is 23.7. The van der Waals surface area contributed by atoms with Crippen molar-refractivity contribution < 1.29 is 19.1 Å². The number of para-hydroxylation sites is 1. The van der Waals surface area contributed by atoms with Crippen LogP contribution >= 0.6 is 0 Å². The summed E-state index contributed by atoms with van der Waals surface area (Å²) in [7, 11) is 1.62. The molecular weight excluding hydrogens is 430 g/mol. The van der Waals surface area contributed by atoms with Gasteiger partial charge in [0, 0.05) is 17.8 Å². The van der Waals surface area contributed by atoms with Crippen molar-refractivity contribution in [2.75, 3.05) is 18.6 Å². The summed E-state index contributed by atoms with van der Waals surface area (Å²) in [6.45, 7) is 2.24. The van der Waals surface area contributed by atoms with Crippen molar-refractivity contribution in [1.29, 1.82) is 0 Å². The number of carbonyl (C=O) groups excluding carboxylic acids is 2. The fourth-order valence-corrected chi connectivity index (χ4v) is 4.28. The van der Waals surface area contributed by atoms with E-state index in [-0.39, 0.29) is 5.91 Å². The number of imidazole rings is 1. The molecule has 2 heterocycles. The SMILES string of the molecule is COc1ccc(-c2nc3ccc(C(=O)OC(C)C(=O)N4CCCc5ccccc54)cc3[nH]2)cc1. The highest BCUT2D eigenvalue weighted by molar-refractivity contribution is 6.00. The molecule has 172 valence electrons. The van der Waals surface area contributed by atoms with Crippen LogP contribution in [0.2, 0.25) is 0 Å². The number of aromatic nitrogens is 2. The van der Waals surface area contributed by atoms with E-state index in [1.807, 2.05) is 48.5 Å². The van der Waals surface area contributed by atoms with Gasteiger partial charge in [-0.3, -0.25) is 4.79 Å². The molecule has 0 radical (unpaired) electrons. The number of fused-ring (bicyclic) bond motifs is 2. The number of carbonyl (C=O) groups is 2. The number of aryl methyl sites for hydroxylation is 1. The normalized spacial score (nSPS) is 13.9. The predicted octanol–water partition coefficient (Wildman–Crippen LogP) is 4.76. The Morgan fingerprint density at radius 3 is 2.65 bits per heavy atom. The molecule has 7 nitrogen and oxygen atoms in total. The van der Waals surface area contributed by atoms with Crippen LogP contribution < -0.4 is 9.64 Å².